The van der Waals surface area contributed by atoms with Crippen LogP contribution in [0.4, 0.5) is 5.82 Å². The van der Waals surface area contributed by atoms with E-state index in [-0.39, 0.29) is 35.9 Å². The van der Waals surface area contributed by atoms with Crippen LogP contribution in [-0.2, 0) is 9.59 Å². The van der Waals surface area contributed by atoms with Gasteiger partial charge in [0, 0.05) is 42.5 Å². The van der Waals surface area contributed by atoms with Crippen LogP contribution in [0.15, 0.2) is 22.1 Å². The van der Waals surface area contributed by atoms with Crippen molar-refractivity contribution in [3.05, 3.63) is 33.9 Å². The maximum atomic E-state index is 12.8. The number of thioether (sulfide) groups is 1. The second kappa shape index (κ2) is 8.83. The van der Waals surface area contributed by atoms with Crippen LogP contribution in [0, 0.1) is 13.8 Å². The third-order valence-corrected chi connectivity index (χ3v) is 6.47. The molecule has 3 N–H and O–H groups in total. The quantitative estimate of drug-likeness (QED) is 0.575. The molecule has 2 aliphatic rings. The van der Waals surface area contributed by atoms with E-state index in [1.165, 1.54) is 17.8 Å². The molecule has 0 radical (unpaired) electrons. The summed E-state index contributed by atoms with van der Waals surface area (Å²) >= 11 is 1.48. The Hall–Kier alpha value is -2.66. The summed E-state index contributed by atoms with van der Waals surface area (Å²) in [5.74, 6) is 0.850. The number of rotatable bonds is 6. The van der Waals surface area contributed by atoms with E-state index >= 15 is 0 Å². The first-order valence-corrected chi connectivity index (χ1v) is 11.5. The number of carbonyl (C=O) groups is 2. The largest absolute Gasteiger partial charge is 0.322 e. The fourth-order valence-electron chi connectivity index (χ4n) is 4.05. The average Bonchev–Trinajstić information content (AvgIpc) is 3.24. The molecule has 1 saturated heterocycles. The molecule has 2 aromatic rings. The zero-order valence-electron chi connectivity index (χ0n) is 17.8. The number of hydrogen-bond acceptors (Lipinski definition) is 7. The lowest BCUT2D eigenvalue weighted by Gasteiger charge is -2.32. The first-order valence-electron chi connectivity index (χ1n) is 10.5. The van der Waals surface area contributed by atoms with Crippen molar-refractivity contribution in [1.29, 1.82) is 0 Å². The van der Waals surface area contributed by atoms with Crippen molar-refractivity contribution in [3.8, 4) is 0 Å². The van der Waals surface area contributed by atoms with Gasteiger partial charge < -0.3 is 10.6 Å². The molecule has 4 rings (SSSR count). The van der Waals surface area contributed by atoms with Gasteiger partial charge in [0.2, 0.25) is 11.8 Å². The Morgan fingerprint density at radius 2 is 2.10 bits per heavy atom. The topological polar surface area (TPSA) is 123 Å². The minimum atomic E-state index is -0.528. The van der Waals surface area contributed by atoms with E-state index in [1.807, 2.05) is 6.92 Å². The highest BCUT2D eigenvalue weighted by Gasteiger charge is 2.30. The van der Waals surface area contributed by atoms with E-state index in [2.05, 4.69) is 33.0 Å². The third-order valence-electron chi connectivity index (χ3n) is 5.37. The standard InChI is InChI=1S/C20H27N7O3S/c1-4-5-13-8-16(28)24-19(22-13)27-15(6-12(3)25-27)23-17(29)9-14-10-31-20-21-11(2)7-18(30)26(14)20/h6-7,13-14,19,22H,4-5,8-10H2,1-3H3,(H,23,29)(H,24,28). The number of nitrogens with zero attached hydrogens (tertiary/aromatic N) is 4. The molecule has 4 heterocycles. The van der Waals surface area contributed by atoms with E-state index in [0.717, 1.165) is 18.5 Å². The highest BCUT2D eigenvalue weighted by Crippen LogP contribution is 2.32. The molecule has 0 spiro atoms. The van der Waals surface area contributed by atoms with Crippen LogP contribution in [-0.4, -0.2) is 42.9 Å². The van der Waals surface area contributed by atoms with E-state index in [4.69, 9.17) is 0 Å². The predicted octanol–water partition coefficient (Wildman–Crippen LogP) is 1.47. The van der Waals surface area contributed by atoms with Crippen LogP contribution in [0.1, 0.15) is 56.3 Å². The van der Waals surface area contributed by atoms with E-state index < -0.39 is 6.29 Å². The van der Waals surface area contributed by atoms with Crippen molar-refractivity contribution >= 4 is 29.4 Å². The van der Waals surface area contributed by atoms with Crippen LogP contribution in [0.3, 0.4) is 0 Å². The second-order valence-corrected chi connectivity index (χ2v) is 9.03. The molecule has 1 fully saturated rings. The molecule has 11 heteroatoms. The normalized spacial score (nSPS) is 22.8. The Kier molecular flexibility index (Phi) is 6.15. The number of aryl methyl sites for hydroxylation is 2. The molecule has 0 bridgehead atoms. The maximum absolute atomic E-state index is 12.8. The predicted molar refractivity (Wildman–Crippen MR) is 117 cm³/mol. The highest BCUT2D eigenvalue weighted by atomic mass is 32.2. The lowest BCUT2D eigenvalue weighted by atomic mass is 10.1. The summed E-state index contributed by atoms with van der Waals surface area (Å²) in [5, 5.41) is 14.3. The van der Waals surface area contributed by atoms with Crippen molar-refractivity contribution < 1.29 is 9.59 Å². The molecule has 166 valence electrons. The minimum absolute atomic E-state index is 0.0469. The van der Waals surface area contributed by atoms with Gasteiger partial charge in [-0.1, -0.05) is 25.1 Å². The van der Waals surface area contributed by atoms with Gasteiger partial charge in [0.15, 0.2) is 11.4 Å². The number of carbonyl (C=O) groups excluding carboxylic acids is 2. The average molecular weight is 446 g/mol. The van der Waals surface area contributed by atoms with Crippen molar-refractivity contribution in [2.75, 3.05) is 11.1 Å². The van der Waals surface area contributed by atoms with Gasteiger partial charge in [0.1, 0.15) is 5.82 Å². The van der Waals surface area contributed by atoms with Gasteiger partial charge in [-0.05, 0) is 20.3 Å². The summed E-state index contributed by atoms with van der Waals surface area (Å²) in [4.78, 5) is 41.8. The zero-order valence-corrected chi connectivity index (χ0v) is 18.7. The van der Waals surface area contributed by atoms with Crippen LogP contribution in [0.2, 0.25) is 0 Å². The number of amides is 2. The van der Waals surface area contributed by atoms with Crippen molar-refractivity contribution in [2.24, 2.45) is 0 Å². The van der Waals surface area contributed by atoms with Crippen molar-refractivity contribution in [3.63, 3.8) is 0 Å². The first kappa shape index (κ1) is 21.6. The van der Waals surface area contributed by atoms with Gasteiger partial charge in [0.25, 0.3) is 5.56 Å². The maximum Gasteiger partial charge on any atom is 0.254 e. The fraction of sp³-hybridized carbons (Fsp3) is 0.550. The lowest BCUT2D eigenvalue weighted by Crippen LogP contribution is -2.53. The minimum Gasteiger partial charge on any atom is -0.322 e. The molecular weight excluding hydrogens is 418 g/mol. The Balaban J connectivity index is 1.48. The molecule has 0 saturated carbocycles. The molecule has 0 aliphatic carbocycles. The van der Waals surface area contributed by atoms with Gasteiger partial charge in [-0.25, -0.2) is 9.67 Å². The van der Waals surface area contributed by atoms with Crippen LogP contribution >= 0.6 is 11.8 Å². The number of hydrogen-bond donors (Lipinski definition) is 3. The summed E-state index contributed by atoms with van der Waals surface area (Å²) in [6.45, 7) is 5.70. The summed E-state index contributed by atoms with van der Waals surface area (Å²) in [6, 6.07) is 3.07. The Morgan fingerprint density at radius 3 is 2.87 bits per heavy atom. The number of anilines is 1. The summed E-state index contributed by atoms with van der Waals surface area (Å²) in [6.07, 6.45) is 1.89. The SMILES string of the molecule is CCCC1CC(=O)NC(n2nc(C)cc2NC(=O)CC2CSc3nc(C)cc(=O)n32)N1. The second-order valence-electron chi connectivity index (χ2n) is 8.05. The van der Waals surface area contributed by atoms with Crippen LogP contribution in [0.25, 0.3) is 0 Å². The van der Waals surface area contributed by atoms with Gasteiger partial charge in [-0.3, -0.25) is 24.3 Å². The van der Waals surface area contributed by atoms with E-state index in [1.54, 1.807) is 22.2 Å². The first-order chi connectivity index (χ1) is 14.8. The molecule has 10 nitrogen and oxygen atoms in total. The van der Waals surface area contributed by atoms with Crippen molar-refractivity contribution in [2.45, 2.75) is 70.0 Å². The van der Waals surface area contributed by atoms with Gasteiger partial charge in [0.05, 0.1) is 11.7 Å². The third kappa shape index (κ3) is 4.67. The molecule has 31 heavy (non-hydrogen) atoms. The van der Waals surface area contributed by atoms with E-state index in [9.17, 15) is 14.4 Å². The van der Waals surface area contributed by atoms with E-state index in [0.29, 0.717) is 28.8 Å². The van der Waals surface area contributed by atoms with Crippen molar-refractivity contribution in [1.82, 2.24) is 30.0 Å². The molecule has 0 aromatic carbocycles. The lowest BCUT2D eigenvalue weighted by molar-refractivity contribution is -0.125. The smallest absolute Gasteiger partial charge is 0.254 e. The summed E-state index contributed by atoms with van der Waals surface area (Å²) in [5.41, 5.74) is 1.26. The molecular formula is C20H27N7O3S. The number of fused-ring (bicyclic) bond motifs is 1. The Morgan fingerprint density at radius 1 is 1.29 bits per heavy atom. The number of nitrogens with one attached hydrogen (secondary N) is 3. The molecule has 2 aromatic heterocycles. The monoisotopic (exact) mass is 445 g/mol. The Labute approximate surface area is 184 Å². The fourth-order valence-corrected chi connectivity index (χ4v) is 5.25. The van der Waals surface area contributed by atoms with Gasteiger partial charge >= 0.3 is 0 Å². The van der Waals surface area contributed by atoms with Crippen LogP contribution < -0.4 is 21.5 Å². The number of aromatic nitrogens is 4. The van der Waals surface area contributed by atoms with Crippen LogP contribution in [0.5, 0.6) is 0 Å². The zero-order chi connectivity index (χ0) is 22.1. The summed E-state index contributed by atoms with van der Waals surface area (Å²) in [7, 11) is 0. The highest BCUT2D eigenvalue weighted by molar-refractivity contribution is 7.99. The van der Waals surface area contributed by atoms with Gasteiger partial charge in [-0.2, -0.15) is 5.10 Å². The molecule has 2 amide bonds. The molecule has 2 aliphatic heterocycles. The molecule has 3 atom stereocenters. The van der Waals surface area contributed by atoms with Gasteiger partial charge in [-0.15, -0.1) is 0 Å². The Bertz CT molecular complexity index is 1060. The summed E-state index contributed by atoms with van der Waals surface area (Å²) < 4.78 is 3.19. The molecule has 3 unspecified atom stereocenters.